The molecule has 1 aliphatic heterocycles. The number of rotatable bonds is 4. The molecule has 0 spiro atoms. The zero-order valence-electron chi connectivity index (χ0n) is 15.4. The molecule has 0 radical (unpaired) electrons. The summed E-state index contributed by atoms with van der Waals surface area (Å²) in [5.74, 6) is -0.0728. The van der Waals surface area contributed by atoms with Crippen LogP contribution in [0.1, 0.15) is 15.4 Å². The van der Waals surface area contributed by atoms with E-state index in [9.17, 15) is 4.79 Å². The first-order valence-corrected chi connectivity index (χ1v) is 11.2. The molecule has 29 heavy (non-hydrogen) atoms. The highest BCUT2D eigenvalue weighted by Gasteiger charge is 2.24. The lowest BCUT2D eigenvalue weighted by Crippen LogP contribution is -2.48. The molecule has 4 rings (SSSR count). The van der Waals surface area contributed by atoms with Crippen LogP contribution in [0.4, 0.5) is 0 Å². The van der Waals surface area contributed by atoms with Crippen LogP contribution in [0.25, 0.3) is 11.3 Å². The summed E-state index contributed by atoms with van der Waals surface area (Å²) < 4.78 is 0. The van der Waals surface area contributed by atoms with E-state index in [0.29, 0.717) is 28.7 Å². The van der Waals surface area contributed by atoms with Gasteiger partial charge in [-0.15, -0.1) is 11.3 Å². The Kier molecular flexibility index (Phi) is 6.42. The minimum absolute atomic E-state index is 0.0728. The van der Waals surface area contributed by atoms with Gasteiger partial charge in [0.25, 0.3) is 5.91 Å². The Hall–Kier alpha value is -1.63. The lowest BCUT2D eigenvalue weighted by atomic mass is 10.1. The molecule has 0 bridgehead atoms. The Morgan fingerprint density at radius 2 is 1.66 bits per heavy atom. The van der Waals surface area contributed by atoms with E-state index in [4.69, 9.17) is 39.8 Å². The van der Waals surface area contributed by atoms with Crippen molar-refractivity contribution in [3.8, 4) is 11.3 Å². The molecule has 8 heteroatoms. The predicted molar refractivity (Wildman–Crippen MR) is 120 cm³/mol. The predicted octanol–water partition coefficient (Wildman–Crippen LogP) is 5.73. The highest BCUT2D eigenvalue weighted by molar-refractivity contribution is 7.09. The number of halogens is 3. The van der Waals surface area contributed by atoms with Crippen molar-refractivity contribution < 1.29 is 4.79 Å². The van der Waals surface area contributed by atoms with E-state index < -0.39 is 0 Å². The molecular weight excluding hydrogens is 449 g/mol. The van der Waals surface area contributed by atoms with Crippen LogP contribution in [0.5, 0.6) is 0 Å². The lowest BCUT2D eigenvalue weighted by molar-refractivity contribution is 0.0628. The average Bonchev–Trinajstić information content (AvgIpc) is 3.19. The molecule has 2 aromatic carbocycles. The fourth-order valence-electron chi connectivity index (χ4n) is 3.27. The number of carbonyl (C=O) groups excluding carboxylic acids is 1. The third-order valence-corrected chi connectivity index (χ3v) is 6.52. The van der Waals surface area contributed by atoms with Crippen molar-refractivity contribution in [3.05, 3.63) is 73.5 Å². The highest BCUT2D eigenvalue weighted by atomic mass is 35.5. The van der Waals surface area contributed by atoms with Gasteiger partial charge in [-0.2, -0.15) is 0 Å². The molecule has 0 unspecified atom stereocenters. The van der Waals surface area contributed by atoms with E-state index in [1.165, 1.54) is 0 Å². The van der Waals surface area contributed by atoms with Crippen molar-refractivity contribution in [1.29, 1.82) is 0 Å². The quantitative estimate of drug-likeness (QED) is 0.493. The first-order valence-electron chi connectivity index (χ1n) is 9.16. The van der Waals surface area contributed by atoms with E-state index in [-0.39, 0.29) is 5.91 Å². The second-order valence-corrected chi connectivity index (χ2v) is 9.05. The first kappa shape index (κ1) is 20.6. The second-order valence-electron chi connectivity index (χ2n) is 6.83. The van der Waals surface area contributed by atoms with Gasteiger partial charge in [-0.3, -0.25) is 9.69 Å². The number of amides is 1. The Balaban J connectivity index is 1.35. The van der Waals surface area contributed by atoms with Gasteiger partial charge in [-0.25, -0.2) is 4.98 Å². The molecule has 2 heterocycles. The van der Waals surface area contributed by atoms with E-state index >= 15 is 0 Å². The number of piperazine rings is 1. The molecule has 0 saturated carbocycles. The Morgan fingerprint density at radius 3 is 2.38 bits per heavy atom. The molecule has 0 aliphatic carbocycles. The monoisotopic (exact) mass is 465 g/mol. The van der Waals surface area contributed by atoms with Gasteiger partial charge in [0.2, 0.25) is 0 Å². The number of benzene rings is 2. The maximum absolute atomic E-state index is 12.8. The minimum atomic E-state index is -0.0728. The summed E-state index contributed by atoms with van der Waals surface area (Å²) in [6.45, 7) is 3.66. The van der Waals surface area contributed by atoms with Crippen molar-refractivity contribution in [3.63, 3.8) is 0 Å². The third kappa shape index (κ3) is 4.93. The Morgan fingerprint density at radius 1 is 0.966 bits per heavy atom. The van der Waals surface area contributed by atoms with E-state index in [2.05, 4.69) is 10.3 Å². The molecule has 3 aromatic rings. The summed E-state index contributed by atoms with van der Waals surface area (Å²) in [6, 6.07) is 12.7. The summed E-state index contributed by atoms with van der Waals surface area (Å²) in [7, 11) is 0. The molecule has 1 fully saturated rings. The van der Waals surface area contributed by atoms with E-state index in [0.717, 1.165) is 40.9 Å². The summed E-state index contributed by atoms with van der Waals surface area (Å²) in [5, 5.41) is 4.79. The fraction of sp³-hybridized carbons (Fsp3) is 0.238. The number of nitrogens with zero attached hydrogens (tertiary/aromatic N) is 3. The molecular formula is C21H18Cl3N3OS. The maximum atomic E-state index is 12.8. The van der Waals surface area contributed by atoms with Gasteiger partial charge in [0.15, 0.2) is 0 Å². The zero-order chi connectivity index (χ0) is 20.4. The number of carbonyl (C=O) groups is 1. The van der Waals surface area contributed by atoms with Gasteiger partial charge in [0.1, 0.15) is 5.01 Å². The van der Waals surface area contributed by atoms with Gasteiger partial charge in [-0.05, 0) is 30.3 Å². The second kappa shape index (κ2) is 9.02. The van der Waals surface area contributed by atoms with Crippen LogP contribution in [-0.2, 0) is 6.54 Å². The number of thiazole rings is 1. The van der Waals surface area contributed by atoms with Crippen LogP contribution >= 0.6 is 46.1 Å². The van der Waals surface area contributed by atoms with Crippen LogP contribution in [-0.4, -0.2) is 46.9 Å². The average molecular weight is 467 g/mol. The van der Waals surface area contributed by atoms with Crippen LogP contribution in [0.15, 0.2) is 47.8 Å². The molecule has 1 aromatic heterocycles. The van der Waals surface area contributed by atoms with Gasteiger partial charge in [0, 0.05) is 47.2 Å². The largest absolute Gasteiger partial charge is 0.336 e. The standard InChI is InChI=1S/C21H18Cl3N3OS/c22-15-3-1-14(2-4-15)19-13-29-20(25-19)12-26-7-9-27(10-8-26)21(28)17-11-16(23)5-6-18(17)24/h1-6,11,13H,7-10,12H2. The van der Waals surface area contributed by atoms with Gasteiger partial charge < -0.3 is 4.90 Å². The summed E-state index contributed by atoms with van der Waals surface area (Å²) >= 11 is 19.8. The number of hydrogen-bond donors (Lipinski definition) is 0. The van der Waals surface area contributed by atoms with E-state index in [1.807, 2.05) is 29.2 Å². The van der Waals surface area contributed by atoms with Crippen molar-refractivity contribution >= 4 is 52.0 Å². The van der Waals surface area contributed by atoms with Crippen LogP contribution < -0.4 is 0 Å². The normalized spacial score (nSPS) is 14.9. The molecule has 4 nitrogen and oxygen atoms in total. The smallest absolute Gasteiger partial charge is 0.255 e. The van der Waals surface area contributed by atoms with Crippen molar-refractivity contribution in [2.75, 3.05) is 26.2 Å². The minimum Gasteiger partial charge on any atom is -0.336 e. The fourth-order valence-corrected chi connectivity index (χ4v) is 4.61. The molecule has 0 atom stereocenters. The molecule has 1 aliphatic rings. The van der Waals surface area contributed by atoms with Crippen LogP contribution in [0.3, 0.4) is 0 Å². The van der Waals surface area contributed by atoms with Gasteiger partial charge >= 0.3 is 0 Å². The lowest BCUT2D eigenvalue weighted by Gasteiger charge is -2.34. The Labute approximate surface area is 188 Å². The SMILES string of the molecule is O=C(c1cc(Cl)ccc1Cl)N1CCN(Cc2nc(-c3ccc(Cl)cc3)cs2)CC1. The van der Waals surface area contributed by atoms with Crippen molar-refractivity contribution in [2.45, 2.75) is 6.54 Å². The van der Waals surface area contributed by atoms with E-state index in [1.54, 1.807) is 29.5 Å². The summed E-state index contributed by atoms with van der Waals surface area (Å²) in [6.07, 6.45) is 0. The van der Waals surface area contributed by atoms with Crippen molar-refractivity contribution in [1.82, 2.24) is 14.8 Å². The molecule has 150 valence electrons. The number of hydrogen-bond acceptors (Lipinski definition) is 4. The van der Waals surface area contributed by atoms with Crippen molar-refractivity contribution in [2.24, 2.45) is 0 Å². The zero-order valence-corrected chi connectivity index (χ0v) is 18.5. The third-order valence-electron chi connectivity index (χ3n) is 4.87. The molecule has 1 saturated heterocycles. The summed E-state index contributed by atoms with van der Waals surface area (Å²) in [4.78, 5) is 21.7. The van der Waals surface area contributed by atoms with Crippen LogP contribution in [0, 0.1) is 0 Å². The molecule has 0 N–H and O–H groups in total. The highest BCUT2D eigenvalue weighted by Crippen LogP contribution is 2.25. The first-order chi connectivity index (χ1) is 14.0. The van der Waals surface area contributed by atoms with Gasteiger partial charge in [-0.1, -0.05) is 46.9 Å². The maximum Gasteiger partial charge on any atom is 0.255 e. The summed E-state index contributed by atoms with van der Waals surface area (Å²) in [5.41, 5.74) is 2.48. The topological polar surface area (TPSA) is 36.4 Å². The number of aromatic nitrogens is 1. The van der Waals surface area contributed by atoms with Crippen LogP contribution in [0.2, 0.25) is 15.1 Å². The van der Waals surface area contributed by atoms with Gasteiger partial charge in [0.05, 0.1) is 22.8 Å². The molecule has 1 amide bonds. The Bertz CT molecular complexity index is 1010.